The fourth-order valence-corrected chi connectivity index (χ4v) is 3.40. The van der Waals surface area contributed by atoms with Crippen LogP contribution in [0.5, 0.6) is 11.5 Å². The molecule has 1 N–H and O–H groups in total. The van der Waals surface area contributed by atoms with Crippen LogP contribution in [0.25, 0.3) is 0 Å². The molecular formula is C21H14Cl2N2O2. The van der Waals surface area contributed by atoms with Crippen molar-refractivity contribution < 1.29 is 9.53 Å². The highest BCUT2D eigenvalue weighted by molar-refractivity contribution is 6.43. The quantitative estimate of drug-likeness (QED) is 0.477. The van der Waals surface area contributed by atoms with Gasteiger partial charge in [0.15, 0.2) is 0 Å². The minimum Gasteiger partial charge on any atom is -0.457 e. The summed E-state index contributed by atoms with van der Waals surface area (Å²) >= 11 is 12.1. The number of hydrogen-bond donors (Lipinski definition) is 1. The Morgan fingerprint density at radius 2 is 1.56 bits per heavy atom. The number of rotatable bonds is 3. The average molecular weight is 397 g/mol. The van der Waals surface area contributed by atoms with Crippen LogP contribution in [0.1, 0.15) is 22.6 Å². The Labute approximate surface area is 166 Å². The molecule has 0 spiro atoms. The van der Waals surface area contributed by atoms with Crippen LogP contribution in [0.2, 0.25) is 10.0 Å². The Morgan fingerprint density at radius 3 is 2.22 bits per heavy atom. The molecular weight excluding hydrogens is 383 g/mol. The lowest BCUT2D eigenvalue weighted by atomic mass is 9.87. The number of ether oxygens (including phenoxy) is 1. The number of carbonyl (C=O) groups excluding carboxylic acids is 1. The maximum absolute atomic E-state index is 12.9. The van der Waals surface area contributed by atoms with Gasteiger partial charge in [0.05, 0.1) is 22.2 Å². The summed E-state index contributed by atoms with van der Waals surface area (Å²) in [6.07, 6.45) is 1.48. The van der Waals surface area contributed by atoms with Gasteiger partial charge in [-0.3, -0.25) is 4.79 Å². The predicted molar refractivity (Wildman–Crippen MR) is 107 cm³/mol. The zero-order valence-electron chi connectivity index (χ0n) is 14.0. The maximum Gasteiger partial charge on any atom is 0.252 e. The summed E-state index contributed by atoms with van der Waals surface area (Å²) in [7, 11) is 0. The zero-order chi connectivity index (χ0) is 18.8. The van der Waals surface area contributed by atoms with Crippen molar-refractivity contribution in [1.29, 1.82) is 0 Å². The molecule has 1 heterocycles. The fourth-order valence-electron chi connectivity index (χ4n) is 3.04. The molecule has 0 fully saturated rings. The number of nitrogens with one attached hydrogen (secondary N) is 1. The number of hydrazone groups is 1. The molecule has 0 aliphatic carbocycles. The molecule has 0 saturated heterocycles. The van der Waals surface area contributed by atoms with Gasteiger partial charge in [-0.1, -0.05) is 71.7 Å². The van der Waals surface area contributed by atoms with Crippen LogP contribution in [0.15, 0.2) is 71.8 Å². The topological polar surface area (TPSA) is 50.7 Å². The number of nitrogens with zero attached hydrogens (tertiary/aromatic N) is 1. The zero-order valence-corrected chi connectivity index (χ0v) is 15.5. The third-order valence-electron chi connectivity index (χ3n) is 4.30. The second-order valence-corrected chi connectivity index (χ2v) is 6.77. The molecule has 3 aromatic carbocycles. The van der Waals surface area contributed by atoms with Crippen molar-refractivity contribution in [2.45, 2.75) is 5.92 Å². The lowest BCUT2D eigenvalue weighted by Crippen LogP contribution is -2.28. The lowest BCUT2D eigenvalue weighted by Gasteiger charge is -2.26. The van der Waals surface area contributed by atoms with Crippen LogP contribution >= 0.6 is 23.2 Å². The van der Waals surface area contributed by atoms with Crippen LogP contribution in [-0.4, -0.2) is 12.1 Å². The highest BCUT2D eigenvalue weighted by atomic mass is 35.5. The number of para-hydroxylation sites is 2. The fraction of sp³-hybridized carbons (Fsp3) is 0.0476. The first-order valence-corrected chi connectivity index (χ1v) is 9.03. The molecule has 1 aliphatic rings. The average Bonchev–Trinajstić information content (AvgIpc) is 2.69. The molecule has 134 valence electrons. The maximum atomic E-state index is 12.9. The number of amides is 1. The lowest BCUT2D eigenvalue weighted by molar-refractivity contribution is -0.121. The second-order valence-electron chi connectivity index (χ2n) is 5.99. The Balaban J connectivity index is 1.62. The molecule has 27 heavy (non-hydrogen) atoms. The standard InChI is InChI=1S/C21H14Cl2N2O2/c22-16-9-5-6-13(20(16)23)12-24-25-21(26)19-14-7-1-3-10-17(14)27-18-11-4-2-8-15(18)19/h1-12,19H,(H,25,26). The van der Waals surface area contributed by atoms with Crippen molar-refractivity contribution in [1.82, 2.24) is 5.43 Å². The number of fused-ring (bicyclic) bond motifs is 2. The summed E-state index contributed by atoms with van der Waals surface area (Å²) in [5, 5.41) is 4.87. The summed E-state index contributed by atoms with van der Waals surface area (Å²) in [4.78, 5) is 12.9. The van der Waals surface area contributed by atoms with E-state index in [2.05, 4.69) is 10.5 Å². The van der Waals surface area contributed by atoms with E-state index in [1.807, 2.05) is 48.5 Å². The van der Waals surface area contributed by atoms with Gasteiger partial charge in [0.1, 0.15) is 11.5 Å². The van der Waals surface area contributed by atoms with Gasteiger partial charge in [-0.25, -0.2) is 5.43 Å². The summed E-state index contributed by atoms with van der Waals surface area (Å²) in [5.74, 6) is 0.558. The van der Waals surface area contributed by atoms with E-state index in [9.17, 15) is 4.79 Å². The number of benzene rings is 3. The molecule has 0 unspecified atom stereocenters. The number of halogens is 2. The van der Waals surface area contributed by atoms with Crippen molar-refractivity contribution >= 4 is 35.3 Å². The largest absolute Gasteiger partial charge is 0.457 e. The van der Waals surface area contributed by atoms with Crippen molar-refractivity contribution in [3.05, 3.63) is 93.5 Å². The molecule has 1 amide bonds. The first kappa shape index (κ1) is 17.6. The van der Waals surface area contributed by atoms with Crippen LogP contribution in [0.4, 0.5) is 0 Å². The Hall–Kier alpha value is -2.82. The molecule has 1 aliphatic heterocycles. The van der Waals surface area contributed by atoms with Gasteiger partial charge in [-0.2, -0.15) is 5.10 Å². The Kier molecular flexibility index (Phi) is 4.84. The van der Waals surface area contributed by atoms with Crippen LogP contribution in [0.3, 0.4) is 0 Å². The Bertz CT molecular complexity index is 1000. The molecule has 0 radical (unpaired) electrons. The molecule has 0 aromatic heterocycles. The van der Waals surface area contributed by atoms with E-state index in [0.717, 1.165) is 11.1 Å². The molecule has 0 atom stereocenters. The van der Waals surface area contributed by atoms with E-state index in [1.54, 1.807) is 18.2 Å². The van der Waals surface area contributed by atoms with Crippen molar-refractivity contribution in [3.8, 4) is 11.5 Å². The third kappa shape index (κ3) is 3.42. The van der Waals surface area contributed by atoms with E-state index in [-0.39, 0.29) is 5.91 Å². The summed E-state index contributed by atoms with van der Waals surface area (Å²) < 4.78 is 5.91. The van der Waals surface area contributed by atoms with Gasteiger partial charge >= 0.3 is 0 Å². The highest BCUT2D eigenvalue weighted by Crippen LogP contribution is 2.43. The number of carbonyl (C=O) groups is 1. The summed E-state index contributed by atoms with van der Waals surface area (Å²) in [6.45, 7) is 0. The molecule has 0 saturated carbocycles. The van der Waals surface area contributed by atoms with Gasteiger partial charge in [-0.05, 0) is 18.2 Å². The van der Waals surface area contributed by atoms with Gasteiger partial charge in [-0.15, -0.1) is 0 Å². The van der Waals surface area contributed by atoms with Gasteiger partial charge in [0, 0.05) is 16.7 Å². The minimum absolute atomic E-state index is 0.257. The molecule has 4 rings (SSSR count). The SMILES string of the molecule is O=C(NN=Cc1cccc(Cl)c1Cl)C1c2ccccc2Oc2ccccc21. The van der Waals surface area contributed by atoms with Crippen molar-refractivity contribution in [2.24, 2.45) is 5.10 Å². The number of hydrogen-bond acceptors (Lipinski definition) is 3. The molecule has 3 aromatic rings. The molecule has 6 heteroatoms. The minimum atomic E-state index is -0.516. The highest BCUT2D eigenvalue weighted by Gasteiger charge is 2.32. The van der Waals surface area contributed by atoms with E-state index in [0.29, 0.717) is 27.1 Å². The first-order chi connectivity index (χ1) is 13.1. The normalized spacial score (nSPS) is 13.0. The Morgan fingerprint density at radius 1 is 0.926 bits per heavy atom. The summed E-state index contributed by atoms with van der Waals surface area (Å²) in [6, 6.07) is 20.2. The van der Waals surface area contributed by atoms with Gasteiger partial charge in [0.25, 0.3) is 5.91 Å². The van der Waals surface area contributed by atoms with Crippen LogP contribution < -0.4 is 10.2 Å². The molecule has 4 nitrogen and oxygen atoms in total. The monoisotopic (exact) mass is 396 g/mol. The van der Waals surface area contributed by atoms with E-state index in [1.165, 1.54) is 6.21 Å². The third-order valence-corrected chi connectivity index (χ3v) is 5.14. The van der Waals surface area contributed by atoms with Gasteiger partial charge in [0.2, 0.25) is 0 Å². The van der Waals surface area contributed by atoms with Crippen molar-refractivity contribution in [3.63, 3.8) is 0 Å². The van der Waals surface area contributed by atoms with Crippen LogP contribution in [0, 0.1) is 0 Å². The van der Waals surface area contributed by atoms with Gasteiger partial charge < -0.3 is 4.74 Å². The van der Waals surface area contributed by atoms with E-state index >= 15 is 0 Å². The van der Waals surface area contributed by atoms with E-state index < -0.39 is 5.92 Å². The van der Waals surface area contributed by atoms with Crippen LogP contribution in [-0.2, 0) is 4.79 Å². The smallest absolute Gasteiger partial charge is 0.252 e. The predicted octanol–water partition coefficient (Wildman–Crippen LogP) is 5.38. The molecule has 0 bridgehead atoms. The first-order valence-electron chi connectivity index (χ1n) is 8.28. The summed E-state index contributed by atoms with van der Waals surface area (Å²) in [5.41, 5.74) is 4.82. The second kappa shape index (κ2) is 7.43. The van der Waals surface area contributed by atoms with E-state index in [4.69, 9.17) is 27.9 Å². The van der Waals surface area contributed by atoms with Crippen molar-refractivity contribution in [2.75, 3.05) is 0 Å².